The molecule has 0 radical (unpaired) electrons. The van der Waals surface area contributed by atoms with Crippen molar-refractivity contribution in [2.45, 2.75) is 89.6 Å². The van der Waals surface area contributed by atoms with Crippen molar-refractivity contribution in [3.05, 3.63) is 24.3 Å². The van der Waals surface area contributed by atoms with E-state index in [4.69, 9.17) is 4.43 Å². The molecule has 0 aliphatic heterocycles. The lowest BCUT2D eigenvalue weighted by Gasteiger charge is -2.41. The zero-order valence-electron chi connectivity index (χ0n) is 15.7. The van der Waals surface area contributed by atoms with E-state index in [9.17, 15) is 5.11 Å². The number of aliphatic hydroxyl groups excluding tert-OH is 1. The Kier molecular flexibility index (Phi) is 6.32. The van der Waals surface area contributed by atoms with Gasteiger partial charge in [0.2, 0.25) is 0 Å². The summed E-state index contributed by atoms with van der Waals surface area (Å²) in [5.74, 6) is 1.04. The van der Waals surface area contributed by atoms with Gasteiger partial charge in [0.05, 0.1) is 12.2 Å². The molecule has 1 saturated carbocycles. The van der Waals surface area contributed by atoms with Crippen molar-refractivity contribution < 1.29 is 9.53 Å². The average molecular weight is 337 g/mol. The van der Waals surface area contributed by atoms with Crippen LogP contribution in [0.4, 0.5) is 0 Å². The quantitative estimate of drug-likeness (QED) is 0.534. The van der Waals surface area contributed by atoms with Crippen LogP contribution in [0.2, 0.25) is 18.1 Å². The van der Waals surface area contributed by atoms with Crippen LogP contribution in [0.3, 0.4) is 0 Å². The fourth-order valence-corrected chi connectivity index (χ4v) is 4.68. The summed E-state index contributed by atoms with van der Waals surface area (Å²) in [6.45, 7) is 11.7. The molecule has 0 aromatic heterocycles. The van der Waals surface area contributed by atoms with Crippen LogP contribution in [0.15, 0.2) is 24.3 Å². The van der Waals surface area contributed by atoms with Gasteiger partial charge in [-0.2, -0.15) is 0 Å². The monoisotopic (exact) mass is 336 g/mol. The van der Waals surface area contributed by atoms with Crippen molar-refractivity contribution in [3.8, 4) is 0 Å². The zero-order chi connectivity index (χ0) is 17.1. The normalized spacial score (nSPS) is 28.6. The number of rotatable bonds is 5. The highest BCUT2D eigenvalue weighted by Crippen LogP contribution is 2.40. The molecule has 2 aliphatic carbocycles. The number of allylic oxidation sites excluding steroid dienone is 2. The molecule has 1 unspecified atom stereocenters. The lowest BCUT2D eigenvalue weighted by atomic mass is 9.85. The number of hydrogen-bond donors (Lipinski definition) is 1. The molecule has 0 saturated heterocycles. The Bertz CT molecular complexity index is 427. The smallest absolute Gasteiger partial charge is 0.192 e. The van der Waals surface area contributed by atoms with Gasteiger partial charge in [0.25, 0.3) is 0 Å². The second-order valence-electron chi connectivity index (χ2n) is 8.98. The first-order chi connectivity index (χ1) is 10.7. The van der Waals surface area contributed by atoms with Crippen LogP contribution in [-0.4, -0.2) is 25.6 Å². The van der Waals surface area contributed by atoms with Crippen LogP contribution in [0, 0.1) is 11.8 Å². The fourth-order valence-electron chi connectivity index (χ4n) is 3.37. The van der Waals surface area contributed by atoms with E-state index in [0.717, 1.165) is 6.42 Å². The van der Waals surface area contributed by atoms with E-state index in [1.54, 1.807) is 0 Å². The van der Waals surface area contributed by atoms with Gasteiger partial charge in [0.15, 0.2) is 8.32 Å². The lowest BCUT2D eigenvalue weighted by molar-refractivity contribution is 0.131. The zero-order valence-corrected chi connectivity index (χ0v) is 16.7. The Labute approximate surface area is 144 Å². The summed E-state index contributed by atoms with van der Waals surface area (Å²) in [6, 6.07) is 0. The first-order valence-corrected chi connectivity index (χ1v) is 12.3. The maximum atomic E-state index is 9.66. The summed E-state index contributed by atoms with van der Waals surface area (Å²) in [5.41, 5.74) is 0. The molecule has 0 aromatic carbocycles. The second-order valence-corrected chi connectivity index (χ2v) is 13.7. The van der Waals surface area contributed by atoms with Crippen molar-refractivity contribution in [2.75, 3.05) is 0 Å². The predicted molar refractivity (Wildman–Crippen MR) is 101 cm³/mol. The molecule has 3 atom stereocenters. The highest BCUT2D eigenvalue weighted by molar-refractivity contribution is 6.74. The van der Waals surface area contributed by atoms with Crippen LogP contribution in [0.25, 0.3) is 0 Å². The maximum absolute atomic E-state index is 9.66. The Balaban J connectivity index is 2.08. The van der Waals surface area contributed by atoms with Gasteiger partial charge in [-0.05, 0) is 49.2 Å². The van der Waals surface area contributed by atoms with E-state index in [1.165, 1.54) is 32.1 Å². The fraction of sp³-hybridized carbons (Fsp3) is 0.800. The van der Waals surface area contributed by atoms with Gasteiger partial charge in [0.1, 0.15) is 0 Å². The van der Waals surface area contributed by atoms with Crippen LogP contribution >= 0.6 is 0 Å². The SMILES string of the molecule is CC(C)(C)[Si](C)(C)OC(/C=C/[C@H]1C=C[C@H](O)C1)C1CCCCC1. The molecule has 132 valence electrons. The highest BCUT2D eigenvalue weighted by atomic mass is 28.4. The Morgan fingerprint density at radius 1 is 1.13 bits per heavy atom. The van der Waals surface area contributed by atoms with Gasteiger partial charge in [0, 0.05) is 0 Å². The van der Waals surface area contributed by atoms with E-state index >= 15 is 0 Å². The van der Waals surface area contributed by atoms with Crippen molar-refractivity contribution in [1.82, 2.24) is 0 Å². The third kappa shape index (κ3) is 5.30. The van der Waals surface area contributed by atoms with Crippen LogP contribution in [-0.2, 0) is 4.43 Å². The van der Waals surface area contributed by atoms with Crippen molar-refractivity contribution in [1.29, 1.82) is 0 Å². The molecule has 23 heavy (non-hydrogen) atoms. The third-order valence-electron chi connectivity index (χ3n) is 5.99. The van der Waals surface area contributed by atoms with Gasteiger partial charge in [-0.15, -0.1) is 0 Å². The summed E-state index contributed by atoms with van der Waals surface area (Å²) in [6.07, 6.45) is 16.1. The lowest BCUT2D eigenvalue weighted by Crippen LogP contribution is -2.45. The van der Waals surface area contributed by atoms with E-state index < -0.39 is 8.32 Å². The van der Waals surface area contributed by atoms with Gasteiger partial charge in [-0.25, -0.2) is 0 Å². The van der Waals surface area contributed by atoms with Gasteiger partial charge < -0.3 is 9.53 Å². The van der Waals surface area contributed by atoms with Gasteiger partial charge >= 0.3 is 0 Å². The average Bonchev–Trinajstić information content (AvgIpc) is 2.89. The van der Waals surface area contributed by atoms with Crippen LogP contribution in [0.1, 0.15) is 59.3 Å². The number of aliphatic hydroxyl groups is 1. The van der Waals surface area contributed by atoms with Gasteiger partial charge in [-0.3, -0.25) is 0 Å². The molecule has 2 rings (SSSR count). The first-order valence-electron chi connectivity index (χ1n) is 9.41. The summed E-state index contributed by atoms with van der Waals surface area (Å²) in [4.78, 5) is 0. The van der Waals surface area contributed by atoms with E-state index in [2.05, 4.69) is 52.1 Å². The van der Waals surface area contributed by atoms with Crippen LogP contribution < -0.4 is 0 Å². The Morgan fingerprint density at radius 3 is 2.30 bits per heavy atom. The number of hydrogen-bond acceptors (Lipinski definition) is 2. The molecule has 1 fully saturated rings. The molecule has 2 aliphatic rings. The highest BCUT2D eigenvalue weighted by Gasteiger charge is 2.40. The summed E-state index contributed by atoms with van der Waals surface area (Å²) in [7, 11) is -1.76. The van der Waals surface area contributed by atoms with Crippen molar-refractivity contribution in [3.63, 3.8) is 0 Å². The van der Waals surface area contributed by atoms with Crippen LogP contribution in [0.5, 0.6) is 0 Å². The second kappa shape index (κ2) is 7.67. The molecule has 2 nitrogen and oxygen atoms in total. The molecule has 0 amide bonds. The molecule has 0 heterocycles. The molecule has 0 bridgehead atoms. The van der Waals surface area contributed by atoms with E-state index in [0.29, 0.717) is 11.8 Å². The summed E-state index contributed by atoms with van der Waals surface area (Å²) < 4.78 is 6.79. The predicted octanol–water partition coefficient (Wildman–Crippen LogP) is 5.45. The first kappa shape index (κ1) is 18.9. The Hall–Kier alpha value is -0.383. The third-order valence-corrected chi connectivity index (χ3v) is 10.5. The minimum Gasteiger partial charge on any atom is -0.410 e. The Morgan fingerprint density at radius 2 is 1.78 bits per heavy atom. The molecule has 3 heteroatoms. The molecule has 0 spiro atoms. The largest absolute Gasteiger partial charge is 0.410 e. The van der Waals surface area contributed by atoms with Gasteiger partial charge in [-0.1, -0.05) is 64.3 Å². The summed E-state index contributed by atoms with van der Waals surface area (Å²) >= 11 is 0. The molecule has 0 aromatic rings. The van der Waals surface area contributed by atoms with Crippen molar-refractivity contribution in [2.24, 2.45) is 11.8 Å². The minimum absolute atomic E-state index is 0.247. The molecular formula is C20H36O2Si. The minimum atomic E-state index is -1.76. The van der Waals surface area contributed by atoms with E-state index in [1.807, 2.05) is 6.08 Å². The summed E-state index contributed by atoms with van der Waals surface area (Å²) in [5, 5.41) is 9.91. The van der Waals surface area contributed by atoms with E-state index in [-0.39, 0.29) is 17.2 Å². The van der Waals surface area contributed by atoms with Crippen molar-refractivity contribution >= 4 is 8.32 Å². The molecular weight excluding hydrogens is 300 g/mol. The maximum Gasteiger partial charge on any atom is 0.192 e. The topological polar surface area (TPSA) is 29.5 Å². The standard InChI is InChI=1S/C20H36O2Si/c1-20(2,3)23(4,5)22-19(17-9-7-6-8-10-17)14-12-16-11-13-18(21)15-16/h11-14,16-19,21H,6-10,15H2,1-5H3/b14-12+/t16-,18+,19?/m1/s1. The molecule has 1 N–H and O–H groups in total.